The maximum Gasteiger partial charge on any atom is 0.330 e. The quantitative estimate of drug-likeness (QED) is 0.274. The van der Waals surface area contributed by atoms with Gasteiger partial charge in [-0.25, -0.2) is 15.0 Å². The maximum absolute atomic E-state index is 13.3. The van der Waals surface area contributed by atoms with Gasteiger partial charge in [0.05, 0.1) is 11.7 Å². The fourth-order valence-corrected chi connectivity index (χ4v) is 3.83. The predicted molar refractivity (Wildman–Crippen MR) is 145 cm³/mol. The number of hydrogen-bond acceptors (Lipinski definition) is 11. The van der Waals surface area contributed by atoms with Crippen LogP contribution in [0.5, 0.6) is 0 Å². The summed E-state index contributed by atoms with van der Waals surface area (Å²) in [6.45, 7) is 5.35. The minimum Gasteiger partial charge on any atom is -0.344 e. The van der Waals surface area contributed by atoms with Gasteiger partial charge in [0.25, 0.3) is 11.9 Å². The van der Waals surface area contributed by atoms with E-state index in [0.29, 0.717) is 34.3 Å². The van der Waals surface area contributed by atoms with Crippen LogP contribution in [0.2, 0.25) is 0 Å². The first kappa shape index (κ1) is 26.0. The second-order valence-corrected chi connectivity index (χ2v) is 8.75. The van der Waals surface area contributed by atoms with Crippen LogP contribution in [-0.4, -0.2) is 41.0 Å². The summed E-state index contributed by atoms with van der Waals surface area (Å²) in [6.07, 6.45) is 3.17. The molecule has 0 fully saturated rings. The summed E-state index contributed by atoms with van der Waals surface area (Å²) in [7, 11) is 0. The number of pyridine rings is 3. The fourth-order valence-electron chi connectivity index (χ4n) is 3.83. The van der Waals surface area contributed by atoms with Crippen molar-refractivity contribution in [3.63, 3.8) is 0 Å². The summed E-state index contributed by atoms with van der Waals surface area (Å²) in [5.41, 5.74) is 4.20. The molecule has 2 N–H and O–H groups in total. The molecule has 0 aliphatic heterocycles. The van der Waals surface area contributed by atoms with E-state index in [1.54, 1.807) is 56.4 Å². The first-order valence-corrected chi connectivity index (χ1v) is 12.0. The average Bonchev–Trinajstić information content (AvgIpc) is 3.40. The molecule has 0 aliphatic rings. The van der Waals surface area contributed by atoms with Gasteiger partial charge in [0, 0.05) is 43.8 Å². The lowest BCUT2D eigenvalue weighted by atomic mass is 10.1. The van der Waals surface area contributed by atoms with Crippen LogP contribution in [-0.2, 0) is 0 Å². The highest BCUT2D eigenvalue weighted by molar-refractivity contribution is 5.92. The standard InChI is InChI=1S/C27H21FN10O2.2H2/c1-14-10-23(36-27-37-24(11-29)40-38-27)35-25(32-14)18-5-8-21(31-13-18)26(39)34-15(2)17-4-7-20(30-12-17)19-6-9-22(28)33-16(19)3;;/h4-10,12-13,15H,1-3H3,(H,34,39)(H,32,35,36,38);2*1H. The van der Waals surface area contributed by atoms with Crippen molar-refractivity contribution in [1.82, 2.24) is 40.4 Å². The number of nitriles is 1. The van der Waals surface area contributed by atoms with Crippen molar-refractivity contribution in [2.24, 2.45) is 0 Å². The molecule has 5 aromatic heterocycles. The van der Waals surface area contributed by atoms with Gasteiger partial charge in [-0.3, -0.25) is 14.8 Å². The molecule has 5 aromatic rings. The molecule has 1 atom stereocenters. The first-order valence-electron chi connectivity index (χ1n) is 12.0. The van der Waals surface area contributed by atoms with Crippen molar-refractivity contribution >= 4 is 17.7 Å². The Kier molecular flexibility index (Phi) is 7.14. The van der Waals surface area contributed by atoms with Gasteiger partial charge in [-0.1, -0.05) is 6.07 Å². The van der Waals surface area contributed by atoms with Gasteiger partial charge >= 0.3 is 5.89 Å². The lowest BCUT2D eigenvalue weighted by molar-refractivity contribution is 0.0935. The molecule has 13 heteroatoms. The van der Waals surface area contributed by atoms with Crippen molar-refractivity contribution in [2.45, 2.75) is 26.8 Å². The molecule has 0 bridgehead atoms. The Morgan fingerprint density at radius 3 is 2.58 bits per heavy atom. The number of hydrogen-bond donors (Lipinski definition) is 2. The molecular formula is C27H25FN10O2. The number of rotatable bonds is 7. The predicted octanol–water partition coefficient (Wildman–Crippen LogP) is 4.73. The molecular weight excluding hydrogens is 515 g/mol. The average molecular weight is 541 g/mol. The smallest absolute Gasteiger partial charge is 0.330 e. The molecule has 202 valence electrons. The molecule has 5 heterocycles. The van der Waals surface area contributed by atoms with E-state index >= 15 is 0 Å². The zero-order chi connectivity index (χ0) is 28.2. The zero-order valence-corrected chi connectivity index (χ0v) is 21.5. The van der Waals surface area contributed by atoms with E-state index in [4.69, 9.17) is 9.78 Å². The second-order valence-electron chi connectivity index (χ2n) is 8.75. The van der Waals surface area contributed by atoms with Crippen LogP contribution in [0.3, 0.4) is 0 Å². The van der Waals surface area contributed by atoms with Crippen LogP contribution in [0, 0.1) is 31.1 Å². The molecule has 1 amide bonds. The van der Waals surface area contributed by atoms with Crippen LogP contribution in [0.1, 0.15) is 49.1 Å². The van der Waals surface area contributed by atoms with E-state index < -0.39 is 5.95 Å². The molecule has 5 rings (SSSR count). The van der Waals surface area contributed by atoms with Crippen LogP contribution in [0.25, 0.3) is 22.6 Å². The van der Waals surface area contributed by atoms with E-state index in [1.807, 2.05) is 13.0 Å². The van der Waals surface area contributed by atoms with Gasteiger partial charge in [-0.2, -0.15) is 14.6 Å². The molecule has 0 saturated carbocycles. The normalized spacial score (nSPS) is 11.5. The van der Waals surface area contributed by atoms with Gasteiger partial charge in [-0.15, -0.1) is 0 Å². The number of anilines is 2. The van der Waals surface area contributed by atoms with E-state index in [2.05, 4.69) is 45.7 Å². The lowest BCUT2D eigenvalue weighted by Crippen LogP contribution is -2.27. The highest BCUT2D eigenvalue weighted by Crippen LogP contribution is 2.23. The van der Waals surface area contributed by atoms with Crippen molar-refractivity contribution in [3.05, 3.63) is 89.3 Å². The van der Waals surface area contributed by atoms with Crippen LogP contribution >= 0.6 is 0 Å². The lowest BCUT2D eigenvalue weighted by Gasteiger charge is -2.14. The summed E-state index contributed by atoms with van der Waals surface area (Å²) in [6, 6.07) is 13.0. The van der Waals surface area contributed by atoms with E-state index in [9.17, 15) is 9.18 Å². The van der Waals surface area contributed by atoms with Gasteiger partial charge < -0.3 is 15.2 Å². The van der Waals surface area contributed by atoms with Crippen molar-refractivity contribution in [2.75, 3.05) is 5.32 Å². The third-order valence-corrected chi connectivity index (χ3v) is 5.83. The number of carbonyl (C=O) groups is 1. The third-order valence-electron chi connectivity index (χ3n) is 5.83. The van der Waals surface area contributed by atoms with E-state index in [0.717, 1.165) is 11.1 Å². The number of aryl methyl sites for hydroxylation is 2. The van der Waals surface area contributed by atoms with Gasteiger partial charge in [0.15, 0.2) is 11.9 Å². The monoisotopic (exact) mass is 540 g/mol. The Morgan fingerprint density at radius 2 is 1.90 bits per heavy atom. The second kappa shape index (κ2) is 11.0. The summed E-state index contributed by atoms with van der Waals surface area (Å²) in [4.78, 5) is 38.2. The zero-order valence-electron chi connectivity index (χ0n) is 21.5. The number of halogens is 1. The summed E-state index contributed by atoms with van der Waals surface area (Å²) in [5, 5.41) is 18.3. The Bertz CT molecular complexity index is 1740. The van der Waals surface area contributed by atoms with Crippen LogP contribution in [0.15, 0.2) is 59.4 Å². The highest BCUT2D eigenvalue weighted by Gasteiger charge is 2.15. The Hall–Kier alpha value is -5.64. The Balaban J connectivity index is 0.00000242. The van der Waals surface area contributed by atoms with Gasteiger partial charge in [0.1, 0.15) is 11.5 Å². The van der Waals surface area contributed by atoms with Crippen molar-refractivity contribution in [1.29, 1.82) is 5.26 Å². The molecule has 0 saturated heterocycles. The van der Waals surface area contributed by atoms with Crippen LogP contribution < -0.4 is 10.6 Å². The minimum absolute atomic E-state index is 0. The summed E-state index contributed by atoms with van der Waals surface area (Å²) >= 11 is 0. The van der Waals surface area contributed by atoms with Gasteiger partial charge in [0.2, 0.25) is 5.95 Å². The molecule has 0 spiro atoms. The van der Waals surface area contributed by atoms with E-state index in [1.165, 1.54) is 12.3 Å². The first-order chi connectivity index (χ1) is 19.3. The number of carbonyl (C=O) groups excluding carboxylic acids is 1. The number of aromatic nitrogens is 7. The molecule has 0 aliphatic carbocycles. The molecule has 12 nitrogen and oxygen atoms in total. The number of nitrogens with zero attached hydrogens (tertiary/aromatic N) is 8. The SMILES string of the molecule is Cc1cc(Nc2noc(C#N)n2)nc(-c2ccc(C(=O)NC(C)c3ccc(-c4ccc(F)nc4C)nc3)nc2)n1.[HH].[HH]. The maximum atomic E-state index is 13.3. The minimum atomic E-state index is -0.541. The Morgan fingerprint density at radius 1 is 1.05 bits per heavy atom. The largest absolute Gasteiger partial charge is 0.344 e. The highest BCUT2D eigenvalue weighted by atomic mass is 19.1. The molecule has 40 heavy (non-hydrogen) atoms. The number of amides is 1. The Labute approximate surface area is 230 Å². The van der Waals surface area contributed by atoms with E-state index in [-0.39, 0.29) is 32.3 Å². The summed E-state index contributed by atoms with van der Waals surface area (Å²) < 4.78 is 18.1. The summed E-state index contributed by atoms with van der Waals surface area (Å²) in [5.74, 6) is -0.217. The molecule has 1 unspecified atom stereocenters. The van der Waals surface area contributed by atoms with Crippen molar-refractivity contribution in [3.8, 4) is 28.7 Å². The van der Waals surface area contributed by atoms with Crippen LogP contribution in [0.4, 0.5) is 16.2 Å². The topological polar surface area (TPSA) is 168 Å². The molecule has 0 aromatic carbocycles. The molecule has 0 radical (unpaired) electrons. The number of nitrogens with one attached hydrogen (secondary N) is 2. The van der Waals surface area contributed by atoms with Gasteiger partial charge in [-0.05, 0) is 61.8 Å². The fraction of sp³-hybridized carbons (Fsp3) is 0.148. The van der Waals surface area contributed by atoms with Crippen molar-refractivity contribution < 1.29 is 16.6 Å². The third kappa shape index (κ3) is 5.76.